The van der Waals surface area contributed by atoms with Crippen molar-refractivity contribution in [1.82, 2.24) is 0 Å². The van der Waals surface area contributed by atoms with E-state index in [1.165, 1.54) is 19.3 Å². The Balaban J connectivity index is 2.24. The highest BCUT2D eigenvalue weighted by molar-refractivity contribution is 4.75. The van der Waals surface area contributed by atoms with E-state index in [1.807, 2.05) is 6.92 Å². The lowest BCUT2D eigenvalue weighted by Gasteiger charge is -2.27. The van der Waals surface area contributed by atoms with Crippen LogP contribution >= 0.6 is 0 Å². The minimum Gasteiger partial charge on any atom is -0.393 e. The molecule has 1 rings (SSSR count). The smallest absolute Gasteiger partial charge is 0.0593 e. The monoisotopic (exact) mass is 186 g/mol. The van der Waals surface area contributed by atoms with E-state index < -0.39 is 0 Å². The van der Waals surface area contributed by atoms with E-state index in [1.54, 1.807) is 0 Å². The lowest BCUT2D eigenvalue weighted by Crippen LogP contribution is -2.27. The molecular weight excluding hydrogens is 164 g/mol. The first-order valence-electron chi connectivity index (χ1n) is 5.60. The van der Waals surface area contributed by atoms with Gasteiger partial charge >= 0.3 is 0 Å². The first-order chi connectivity index (χ1) is 6.24. The summed E-state index contributed by atoms with van der Waals surface area (Å²) in [6, 6.07) is 0. The van der Waals surface area contributed by atoms with Crippen LogP contribution in [0.2, 0.25) is 0 Å². The van der Waals surface area contributed by atoms with Crippen LogP contribution in [0, 0.1) is 5.92 Å². The molecule has 1 aliphatic carbocycles. The maximum Gasteiger partial charge on any atom is 0.0593 e. The Bertz CT molecular complexity index is 130. The van der Waals surface area contributed by atoms with Crippen LogP contribution < -0.4 is 0 Å². The van der Waals surface area contributed by atoms with Crippen LogP contribution in [-0.4, -0.2) is 22.4 Å². The summed E-state index contributed by atoms with van der Waals surface area (Å²) in [4.78, 5) is 0. The van der Waals surface area contributed by atoms with Crippen LogP contribution in [0.1, 0.15) is 51.9 Å². The molecule has 0 spiro atoms. The van der Waals surface area contributed by atoms with Crippen LogP contribution in [-0.2, 0) is 0 Å². The van der Waals surface area contributed by atoms with Crippen LogP contribution in [0.25, 0.3) is 0 Å². The van der Waals surface area contributed by atoms with Crippen molar-refractivity contribution in [1.29, 1.82) is 0 Å². The van der Waals surface area contributed by atoms with Gasteiger partial charge in [-0.1, -0.05) is 26.2 Å². The topological polar surface area (TPSA) is 40.5 Å². The summed E-state index contributed by atoms with van der Waals surface area (Å²) in [6.45, 7) is 1.96. The van der Waals surface area contributed by atoms with E-state index >= 15 is 0 Å². The van der Waals surface area contributed by atoms with Crippen LogP contribution in [0.4, 0.5) is 0 Å². The van der Waals surface area contributed by atoms with E-state index in [4.69, 9.17) is 0 Å². The Morgan fingerprint density at radius 1 is 1.15 bits per heavy atom. The van der Waals surface area contributed by atoms with Gasteiger partial charge in [0.05, 0.1) is 12.2 Å². The van der Waals surface area contributed by atoms with E-state index in [-0.39, 0.29) is 12.2 Å². The normalized spacial score (nSPS) is 24.2. The molecule has 0 aromatic carbocycles. The van der Waals surface area contributed by atoms with Gasteiger partial charge in [-0.05, 0) is 31.6 Å². The number of aliphatic hydroxyl groups is 2. The number of aliphatic hydroxyl groups excluding tert-OH is 2. The molecule has 0 unspecified atom stereocenters. The van der Waals surface area contributed by atoms with Crippen molar-refractivity contribution in [3.8, 4) is 0 Å². The van der Waals surface area contributed by atoms with E-state index in [0.717, 1.165) is 19.3 Å². The Morgan fingerprint density at radius 3 is 2.31 bits per heavy atom. The zero-order valence-corrected chi connectivity index (χ0v) is 8.58. The van der Waals surface area contributed by atoms with Crippen molar-refractivity contribution >= 4 is 0 Å². The van der Waals surface area contributed by atoms with Gasteiger partial charge in [-0.15, -0.1) is 0 Å². The van der Waals surface area contributed by atoms with Crippen molar-refractivity contribution in [3.05, 3.63) is 0 Å². The third-order valence-corrected chi connectivity index (χ3v) is 3.18. The van der Waals surface area contributed by atoms with Gasteiger partial charge in [-0.2, -0.15) is 0 Å². The molecule has 78 valence electrons. The molecule has 0 saturated heterocycles. The highest BCUT2D eigenvalue weighted by atomic mass is 16.3. The van der Waals surface area contributed by atoms with Gasteiger partial charge in [0.2, 0.25) is 0 Å². The lowest BCUT2D eigenvalue weighted by atomic mass is 9.83. The molecule has 1 saturated carbocycles. The molecule has 0 aliphatic heterocycles. The summed E-state index contributed by atoms with van der Waals surface area (Å²) < 4.78 is 0. The Hall–Kier alpha value is -0.0800. The Morgan fingerprint density at radius 2 is 1.77 bits per heavy atom. The maximum atomic E-state index is 9.82. The fourth-order valence-corrected chi connectivity index (χ4v) is 2.16. The van der Waals surface area contributed by atoms with E-state index in [2.05, 4.69) is 0 Å². The van der Waals surface area contributed by atoms with Crippen LogP contribution in [0.5, 0.6) is 0 Å². The average molecular weight is 186 g/mol. The fraction of sp³-hybridized carbons (Fsp3) is 1.00. The molecule has 2 N–H and O–H groups in total. The molecule has 13 heavy (non-hydrogen) atoms. The van der Waals surface area contributed by atoms with E-state index in [9.17, 15) is 10.2 Å². The Labute approximate surface area is 81.0 Å². The van der Waals surface area contributed by atoms with Gasteiger partial charge in [-0.25, -0.2) is 0 Å². The highest BCUT2D eigenvalue weighted by Gasteiger charge is 2.23. The van der Waals surface area contributed by atoms with Gasteiger partial charge in [0.1, 0.15) is 0 Å². The van der Waals surface area contributed by atoms with Gasteiger partial charge in [0.25, 0.3) is 0 Å². The second kappa shape index (κ2) is 5.61. The summed E-state index contributed by atoms with van der Waals surface area (Å²) in [5, 5.41) is 19.2. The molecule has 2 nitrogen and oxygen atoms in total. The van der Waals surface area contributed by atoms with Crippen molar-refractivity contribution in [3.63, 3.8) is 0 Å². The summed E-state index contributed by atoms with van der Waals surface area (Å²) in [6.07, 6.45) is 6.88. The van der Waals surface area contributed by atoms with Crippen molar-refractivity contribution in [2.75, 3.05) is 0 Å². The standard InChI is InChI=1S/C11H22O2/c1-2-10(12)8-11(13)9-6-4-3-5-7-9/h9-13H,2-8H2,1H3/t10-,11+/m1/s1. The number of rotatable bonds is 4. The maximum absolute atomic E-state index is 9.82. The predicted octanol–water partition coefficient (Wildman–Crippen LogP) is 2.09. The SMILES string of the molecule is CC[C@@H](O)C[C@H](O)C1CCCCC1. The third kappa shape index (κ3) is 3.65. The second-order valence-corrected chi connectivity index (χ2v) is 4.26. The van der Waals surface area contributed by atoms with Crippen molar-refractivity contribution in [2.45, 2.75) is 64.1 Å². The molecule has 0 aromatic heterocycles. The number of hydrogen-bond donors (Lipinski definition) is 2. The molecule has 0 heterocycles. The molecule has 0 bridgehead atoms. The molecule has 0 aromatic rings. The summed E-state index contributed by atoms with van der Waals surface area (Å²) in [7, 11) is 0. The van der Waals surface area contributed by atoms with Crippen molar-refractivity contribution < 1.29 is 10.2 Å². The van der Waals surface area contributed by atoms with Gasteiger partial charge in [0.15, 0.2) is 0 Å². The van der Waals surface area contributed by atoms with Crippen LogP contribution in [0.15, 0.2) is 0 Å². The quantitative estimate of drug-likeness (QED) is 0.705. The molecule has 2 atom stereocenters. The van der Waals surface area contributed by atoms with Crippen LogP contribution in [0.3, 0.4) is 0 Å². The Kier molecular flexibility index (Phi) is 4.74. The lowest BCUT2D eigenvalue weighted by molar-refractivity contribution is 0.0299. The molecule has 1 aliphatic rings. The van der Waals surface area contributed by atoms with E-state index in [0.29, 0.717) is 12.3 Å². The van der Waals surface area contributed by atoms with Gasteiger partial charge < -0.3 is 10.2 Å². The largest absolute Gasteiger partial charge is 0.393 e. The second-order valence-electron chi connectivity index (χ2n) is 4.26. The molecule has 2 heteroatoms. The predicted molar refractivity (Wildman–Crippen MR) is 53.5 cm³/mol. The van der Waals surface area contributed by atoms with Crippen molar-refractivity contribution in [2.24, 2.45) is 5.92 Å². The molecular formula is C11H22O2. The van der Waals surface area contributed by atoms with Gasteiger partial charge in [-0.3, -0.25) is 0 Å². The highest BCUT2D eigenvalue weighted by Crippen LogP contribution is 2.28. The number of hydrogen-bond acceptors (Lipinski definition) is 2. The first kappa shape index (κ1) is 11.0. The average Bonchev–Trinajstić information content (AvgIpc) is 2.19. The summed E-state index contributed by atoms with van der Waals surface area (Å²) in [5.74, 6) is 0.454. The summed E-state index contributed by atoms with van der Waals surface area (Å²) >= 11 is 0. The third-order valence-electron chi connectivity index (χ3n) is 3.18. The molecule has 0 radical (unpaired) electrons. The minimum atomic E-state index is -0.308. The molecule has 1 fully saturated rings. The zero-order chi connectivity index (χ0) is 9.68. The first-order valence-corrected chi connectivity index (χ1v) is 5.60. The zero-order valence-electron chi connectivity index (χ0n) is 8.58. The fourth-order valence-electron chi connectivity index (χ4n) is 2.16. The molecule has 0 amide bonds. The minimum absolute atomic E-state index is 0.268. The van der Waals surface area contributed by atoms with Gasteiger partial charge in [0, 0.05) is 0 Å². The summed E-state index contributed by atoms with van der Waals surface area (Å²) in [5.41, 5.74) is 0.